The minimum Gasteiger partial charge on any atom is -0.299 e. The van der Waals surface area contributed by atoms with Crippen LogP contribution >= 0.6 is 0 Å². The van der Waals surface area contributed by atoms with Gasteiger partial charge < -0.3 is 0 Å². The number of ketones is 2. The van der Waals surface area contributed by atoms with Crippen LogP contribution < -0.4 is 0 Å². The Morgan fingerprint density at radius 3 is 0.700 bits per heavy atom. The summed E-state index contributed by atoms with van der Waals surface area (Å²) in [6, 6.07) is 0. The van der Waals surface area contributed by atoms with Crippen LogP contribution in [0.2, 0.25) is 0 Å². The molecule has 0 heterocycles. The second-order valence-corrected chi connectivity index (χ2v) is 13.1. The Morgan fingerprint density at radius 1 is 0.325 bits per heavy atom. The first-order valence-corrected chi connectivity index (χ1v) is 18.7. The van der Waals surface area contributed by atoms with Gasteiger partial charge in [0.1, 0.15) is 11.6 Å². The summed E-state index contributed by atoms with van der Waals surface area (Å²) in [6.07, 6.45) is 41.4. The number of unbranched alkanes of at least 4 members (excludes halogenated alkanes) is 28. The molecule has 2 nitrogen and oxygen atoms in total. The Kier molecular flexibility index (Phi) is 32.3. The molecule has 0 spiro atoms. The van der Waals surface area contributed by atoms with Crippen molar-refractivity contribution < 1.29 is 9.59 Å². The molecule has 0 aliphatic rings. The van der Waals surface area contributed by atoms with Gasteiger partial charge in [0.05, 0.1) is 5.92 Å². The lowest BCUT2D eigenvalue weighted by Crippen LogP contribution is -2.20. The monoisotopic (exact) mass is 563 g/mol. The summed E-state index contributed by atoms with van der Waals surface area (Å²) in [5, 5.41) is 0. The van der Waals surface area contributed by atoms with E-state index in [0.29, 0.717) is 12.8 Å². The van der Waals surface area contributed by atoms with Crippen molar-refractivity contribution in [2.45, 2.75) is 226 Å². The lowest BCUT2D eigenvalue weighted by Gasteiger charge is -2.10. The fourth-order valence-electron chi connectivity index (χ4n) is 5.95. The molecule has 0 aliphatic carbocycles. The standard InChI is InChI=1S/C38H74O2/c1-4-6-8-10-12-14-16-18-20-22-24-26-28-30-32-34-37(39)36(3)38(40)35-33-31-29-27-25-23-21-19-17-15-13-11-9-7-5-2/h36H,4-35H2,1-3H3. The Bertz CT molecular complexity index is 480. The normalized spacial score (nSPS) is 11.5. The number of hydrogen-bond donors (Lipinski definition) is 0. The quantitative estimate of drug-likeness (QED) is 0.0577. The van der Waals surface area contributed by atoms with Gasteiger partial charge in [-0.15, -0.1) is 0 Å². The van der Waals surface area contributed by atoms with Crippen LogP contribution in [0.4, 0.5) is 0 Å². The molecule has 0 saturated heterocycles. The zero-order valence-electron chi connectivity index (χ0n) is 28.0. The van der Waals surface area contributed by atoms with E-state index in [1.165, 1.54) is 167 Å². The van der Waals surface area contributed by atoms with Crippen LogP contribution in [0.3, 0.4) is 0 Å². The van der Waals surface area contributed by atoms with Gasteiger partial charge >= 0.3 is 0 Å². The summed E-state index contributed by atoms with van der Waals surface area (Å²) in [4.78, 5) is 24.9. The average Bonchev–Trinajstić information content (AvgIpc) is 2.96. The zero-order valence-corrected chi connectivity index (χ0v) is 28.0. The van der Waals surface area contributed by atoms with E-state index in [-0.39, 0.29) is 17.5 Å². The van der Waals surface area contributed by atoms with E-state index in [4.69, 9.17) is 0 Å². The topological polar surface area (TPSA) is 34.1 Å². The zero-order chi connectivity index (χ0) is 29.4. The van der Waals surface area contributed by atoms with Gasteiger partial charge in [-0.2, -0.15) is 0 Å². The summed E-state index contributed by atoms with van der Waals surface area (Å²) in [6.45, 7) is 6.41. The fraction of sp³-hybridized carbons (Fsp3) is 0.947. The Labute approximate surface area is 253 Å². The Morgan fingerprint density at radius 2 is 0.500 bits per heavy atom. The van der Waals surface area contributed by atoms with Crippen molar-refractivity contribution in [3.8, 4) is 0 Å². The molecular weight excluding hydrogens is 488 g/mol. The third-order valence-electron chi connectivity index (χ3n) is 9.02. The molecule has 0 aromatic heterocycles. The van der Waals surface area contributed by atoms with Gasteiger partial charge in [0, 0.05) is 12.8 Å². The highest BCUT2D eigenvalue weighted by atomic mass is 16.1. The minimum atomic E-state index is -0.377. The van der Waals surface area contributed by atoms with Crippen LogP contribution in [-0.4, -0.2) is 11.6 Å². The van der Waals surface area contributed by atoms with Gasteiger partial charge in [0.15, 0.2) is 0 Å². The second-order valence-electron chi connectivity index (χ2n) is 13.1. The molecule has 0 aromatic rings. The van der Waals surface area contributed by atoms with Crippen LogP contribution in [0.1, 0.15) is 226 Å². The number of hydrogen-bond acceptors (Lipinski definition) is 2. The van der Waals surface area contributed by atoms with Crippen LogP contribution in [0.25, 0.3) is 0 Å². The molecule has 0 radical (unpaired) electrons. The smallest absolute Gasteiger partial charge is 0.143 e. The van der Waals surface area contributed by atoms with Gasteiger partial charge in [-0.1, -0.05) is 194 Å². The van der Waals surface area contributed by atoms with E-state index >= 15 is 0 Å². The molecule has 2 heteroatoms. The summed E-state index contributed by atoms with van der Waals surface area (Å²) < 4.78 is 0. The molecule has 238 valence electrons. The molecule has 0 unspecified atom stereocenters. The van der Waals surface area contributed by atoms with Crippen LogP contribution in [-0.2, 0) is 9.59 Å². The largest absolute Gasteiger partial charge is 0.299 e. The summed E-state index contributed by atoms with van der Waals surface area (Å²) in [5.74, 6) is -0.0143. The van der Waals surface area contributed by atoms with E-state index in [2.05, 4.69) is 13.8 Å². The third kappa shape index (κ3) is 28.9. The maximum atomic E-state index is 12.5. The van der Waals surface area contributed by atoms with E-state index in [1.807, 2.05) is 6.92 Å². The highest BCUT2D eigenvalue weighted by Gasteiger charge is 2.20. The molecule has 0 aromatic carbocycles. The van der Waals surface area contributed by atoms with Crippen molar-refractivity contribution in [1.29, 1.82) is 0 Å². The Balaban J connectivity index is 3.41. The highest BCUT2D eigenvalue weighted by Crippen LogP contribution is 2.17. The molecule has 0 fully saturated rings. The average molecular weight is 563 g/mol. The highest BCUT2D eigenvalue weighted by molar-refractivity contribution is 6.01. The molecular formula is C38H74O2. The van der Waals surface area contributed by atoms with E-state index in [0.717, 1.165) is 25.7 Å². The molecule has 40 heavy (non-hydrogen) atoms. The Hall–Kier alpha value is -0.660. The molecule has 0 rings (SSSR count). The maximum absolute atomic E-state index is 12.5. The first kappa shape index (κ1) is 39.3. The predicted molar refractivity (Wildman–Crippen MR) is 178 cm³/mol. The summed E-state index contributed by atoms with van der Waals surface area (Å²) in [5.41, 5.74) is 0. The van der Waals surface area contributed by atoms with Crippen molar-refractivity contribution in [3.05, 3.63) is 0 Å². The maximum Gasteiger partial charge on any atom is 0.143 e. The van der Waals surface area contributed by atoms with Gasteiger partial charge in [-0.05, 0) is 19.8 Å². The number of rotatable bonds is 34. The summed E-state index contributed by atoms with van der Waals surface area (Å²) >= 11 is 0. The lowest BCUT2D eigenvalue weighted by atomic mass is 9.93. The SMILES string of the molecule is CCCCCCCCCCCCCCCCCC(=O)C(C)C(=O)CCCCCCCCCCCCCCCCC. The fourth-order valence-corrected chi connectivity index (χ4v) is 5.95. The predicted octanol–water partition coefficient (Wildman–Crippen LogP) is 13.3. The molecule has 0 amide bonds. The number of Topliss-reactive ketones (excluding diaryl/α,β-unsaturated/α-hetero) is 2. The van der Waals surface area contributed by atoms with Gasteiger partial charge in [0.25, 0.3) is 0 Å². The van der Waals surface area contributed by atoms with Crippen molar-refractivity contribution >= 4 is 11.6 Å². The molecule has 0 aliphatic heterocycles. The lowest BCUT2D eigenvalue weighted by molar-refractivity contribution is -0.132. The molecule has 0 bridgehead atoms. The molecule has 0 atom stereocenters. The number of carbonyl (C=O) groups is 2. The van der Waals surface area contributed by atoms with E-state index in [9.17, 15) is 9.59 Å². The van der Waals surface area contributed by atoms with Crippen molar-refractivity contribution in [3.63, 3.8) is 0 Å². The summed E-state index contributed by atoms with van der Waals surface area (Å²) in [7, 11) is 0. The molecule has 0 N–H and O–H groups in total. The molecule has 0 saturated carbocycles. The van der Waals surface area contributed by atoms with Crippen molar-refractivity contribution in [1.82, 2.24) is 0 Å². The second kappa shape index (κ2) is 32.8. The van der Waals surface area contributed by atoms with Gasteiger partial charge in [0.2, 0.25) is 0 Å². The van der Waals surface area contributed by atoms with Gasteiger partial charge in [-0.3, -0.25) is 9.59 Å². The van der Waals surface area contributed by atoms with E-state index in [1.54, 1.807) is 0 Å². The van der Waals surface area contributed by atoms with E-state index < -0.39 is 0 Å². The van der Waals surface area contributed by atoms with Crippen LogP contribution in [0, 0.1) is 5.92 Å². The van der Waals surface area contributed by atoms with Crippen LogP contribution in [0.5, 0.6) is 0 Å². The van der Waals surface area contributed by atoms with Gasteiger partial charge in [-0.25, -0.2) is 0 Å². The minimum absolute atomic E-state index is 0.181. The van der Waals surface area contributed by atoms with Crippen molar-refractivity contribution in [2.24, 2.45) is 5.92 Å². The van der Waals surface area contributed by atoms with Crippen LogP contribution in [0.15, 0.2) is 0 Å². The third-order valence-corrected chi connectivity index (χ3v) is 9.02. The number of carbonyl (C=O) groups excluding carboxylic acids is 2. The first-order chi connectivity index (χ1) is 19.6. The first-order valence-electron chi connectivity index (χ1n) is 18.7. The van der Waals surface area contributed by atoms with Crippen molar-refractivity contribution in [2.75, 3.05) is 0 Å².